The molecule has 0 aromatic heterocycles. The third kappa shape index (κ3) is 6.01. The number of benzene rings is 1. The summed E-state index contributed by atoms with van der Waals surface area (Å²) in [5.41, 5.74) is 0.177. The number of amides is 1. The normalized spacial score (nSPS) is 21.0. The molecule has 0 saturated carbocycles. The number of piperidine rings is 1. The van der Waals surface area contributed by atoms with Gasteiger partial charge < -0.3 is 5.32 Å². The van der Waals surface area contributed by atoms with E-state index in [9.17, 15) is 13.2 Å². The SMILES string of the molecule is CC1CC(C)CN(C(C)(C)CNC(=O)CN(C)S(=O)(=O)c2ccc(C#N)cc2)C1. The van der Waals surface area contributed by atoms with Crippen LogP contribution in [-0.4, -0.2) is 62.3 Å². The van der Waals surface area contributed by atoms with Crippen LogP contribution in [0, 0.1) is 23.2 Å². The lowest BCUT2D eigenvalue weighted by molar-refractivity contribution is -0.121. The highest BCUT2D eigenvalue weighted by Gasteiger charge is 2.33. The Balaban J connectivity index is 1.94. The minimum absolute atomic E-state index is 0.0587. The maximum Gasteiger partial charge on any atom is 0.243 e. The number of hydrogen-bond donors (Lipinski definition) is 1. The van der Waals surface area contributed by atoms with Crippen molar-refractivity contribution in [3.63, 3.8) is 0 Å². The molecule has 1 aliphatic rings. The largest absolute Gasteiger partial charge is 0.353 e. The molecule has 1 saturated heterocycles. The van der Waals surface area contributed by atoms with Crippen molar-refractivity contribution in [2.24, 2.45) is 11.8 Å². The minimum Gasteiger partial charge on any atom is -0.353 e. The molecule has 0 aliphatic carbocycles. The zero-order valence-corrected chi connectivity index (χ0v) is 18.8. The van der Waals surface area contributed by atoms with Crippen molar-refractivity contribution in [2.45, 2.75) is 44.6 Å². The van der Waals surface area contributed by atoms with E-state index in [-0.39, 0.29) is 22.9 Å². The van der Waals surface area contributed by atoms with Crippen LogP contribution in [0.4, 0.5) is 0 Å². The number of rotatable bonds is 7. The Hall–Kier alpha value is -1.95. The Morgan fingerprint density at radius 3 is 2.31 bits per heavy atom. The zero-order chi connectivity index (χ0) is 21.8. The molecule has 2 unspecified atom stereocenters. The van der Waals surface area contributed by atoms with Crippen molar-refractivity contribution in [1.29, 1.82) is 5.26 Å². The van der Waals surface area contributed by atoms with Gasteiger partial charge >= 0.3 is 0 Å². The zero-order valence-electron chi connectivity index (χ0n) is 18.0. The Morgan fingerprint density at radius 1 is 1.24 bits per heavy atom. The third-order valence-corrected chi connectivity index (χ3v) is 7.32. The van der Waals surface area contributed by atoms with E-state index in [4.69, 9.17) is 5.26 Å². The van der Waals surface area contributed by atoms with Crippen LogP contribution in [-0.2, 0) is 14.8 Å². The van der Waals surface area contributed by atoms with Gasteiger partial charge in [0.1, 0.15) is 0 Å². The maximum atomic E-state index is 12.6. The van der Waals surface area contributed by atoms with E-state index >= 15 is 0 Å². The van der Waals surface area contributed by atoms with Crippen LogP contribution in [0.1, 0.15) is 39.7 Å². The average molecular weight is 421 g/mol. The molecular weight excluding hydrogens is 388 g/mol. The van der Waals surface area contributed by atoms with E-state index < -0.39 is 10.0 Å². The van der Waals surface area contributed by atoms with Gasteiger partial charge in [-0.2, -0.15) is 9.57 Å². The molecule has 1 heterocycles. The van der Waals surface area contributed by atoms with Crippen LogP contribution in [0.3, 0.4) is 0 Å². The molecule has 2 atom stereocenters. The highest BCUT2D eigenvalue weighted by molar-refractivity contribution is 7.89. The molecule has 1 N–H and O–H groups in total. The number of nitrogens with zero attached hydrogens (tertiary/aromatic N) is 3. The Bertz CT molecular complexity index is 849. The van der Waals surface area contributed by atoms with E-state index in [2.05, 4.69) is 37.9 Å². The number of hydrogen-bond acceptors (Lipinski definition) is 5. The number of likely N-dealkylation sites (N-methyl/N-ethyl adjacent to an activating group) is 1. The lowest BCUT2D eigenvalue weighted by atomic mass is 9.88. The summed E-state index contributed by atoms with van der Waals surface area (Å²) in [5, 5.41) is 11.7. The Kier molecular flexibility index (Phi) is 7.44. The summed E-state index contributed by atoms with van der Waals surface area (Å²) in [6.07, 6.45) is 1.22. The van der Waals surface area contributed by atoms with E-state index in [0.717, 1.165) is 17.4 Å². The summed E-state index contributed by atoms with van der Waals surface area (Å²) >= 11 is 0. The molecule has 0 bridgehead atoms. The first-order chi connectivity index (χ1) is 13.5. The van der Waals surface area contributed by atoms with E-state index in [1.807, 2.05) is 6.07 Å². The van der Waals surface area contributed by atoms with Crippen molar-refractivity contribution >= 4 is 15.9 Å². The number of nitrogens with one attached hydrogen (secondary N) is 1. The van der Waals surface area contributed by atoms with E-state index in [1.54, 1.807) is 0 Å². The van der Waals surface area contributed by atoms with Crippen molar-refractivity contribution in [3.8, 4) is 6.07 Å². The first-order valence-electron chi connectivity index (χ1n) is 9.94. The first kappa shape index (κ1) is 23.3. The summed E-state index contributed by atoms with van der Waals surface area (Å²) in [4.78, 5) is 14.9. The van der Waals surface area contributed by atoms with Crippen molar-refractivity contribution < 1.29 is 13.2 Å². The molecule has 0 spiro atoms. The van der Waals surface area contributed by atoms with Gasteiger partial charge in [-0.3, -0.25) is 9.69 Å². The monoisotopic (exact) mass is 420 g/mol. The number of carbonyl (C=O) groups excluding carboxylic acids is 1. The summed E-state index contributed by atoms with van der Waals surface area (Å²) in [5.74, 6) is 0.908. The van der Waals surface area contributed by atoms with Crippen LogP contribution in [0.25, 0.3) is 0 Å². The highest BCUT2D eigenvalue weighted by Crippen LogP contribution is 2.26. The van der Waals surface area contributed by atoms with Gasteiger partial charge in [0.05, 0.1) is 23.1 Å². The summed E-state index contributed by atoms with van der Waals surface area (Å²) in [6, 6.07) is 7.61. The van der Waals surface area contributed by atoms with Gasteiger partial charge in [0.25, 0.3) is 0 Å². The van der Waals surface area contributed by atoms with Crippen LogP contribution in [0.2, 0.25) is 0 Å². The molecule has 8 heteroatoms. The van der Waals surface area contributed by atoms with E-state index in [0.29, 0.717) is 23.9 Å². The summed E-state index contributed by atoms with van der Waals surface area (Å²) in [7, 11) is -2.41. The molecule has 1 fully saturated rings. The molecule has 1 aromatic rings. The lowest BCUT2D eigenvalue weighted by Crippen LogP contribution is -2.56. The average Bonchev–Trinajstić information content (AvgIpc) is 2.65. The predicted molar refractivity (Wildman–Crippen MR) is 113 cm³/mol. The third-order valence-electron chi connectivity index (χ3n) is 5.50. The van der Waals surface area contributed by atoms with Gasteiger partial charge in [0.15, 0.2) is 0 Å². The van der Waals surface area contributed by atoms with Crippen molar-refractivity contribution in [2.75, 3.05) is 33.2 Å². The van der Waals surface area contributed by atoms with Gasteiger partial charge in [0, 0.05) is 32.2 Å². The topological polar surface area (TPSA) is 93.5 Å². The Labute approximate surface area is 174 Å². The number of carbonyl (C=O) groups is 1. The van der Waals surface area contributed by atoms with Gasteiger partial charge in [-0.05, 0) is 56.4 Å². The van der Waals surface area contributed by atoms with Gasteiger partial charge in [-0.1, -0.05) is 13.8 Å². The van der Waals surface area contributed by atoms with Crippen LogP contribution in [0.5, 0.6) is 0 Å². The molecule has 2 rings (SSSR count). The predicted octanol–water partition coefficient (Wildman–Crippen LogP) is 2.05. The fourth-order valence-electron chi connectivity index (χ4n) is 3.81. The molecule has 7 nitrogen and oxygen atoms in total. The fourth-order valence-corrected chi connectivity index (χ4v) is 4.94. The van der Waals surface area contributed by atoms with Crippen molar-refractivity contribution in [1.82, 2.24) is 14.5 Å². The Morgan fingerprint density at radius 2 is 1.79 bits per heavy atom. The summed E-state index contributed by atoms with van der Waals surface area (Å²) in [6.45, 7) is 10.9. The van der Waals surface area contributed by atoms with Gasteiger partial charge in [-0.15, -0.1) is 0 Å². The highest BCUT2D eigenvalue weighted by atomic mass is 32.2. The van der Waals surface area contributed by atoms with Gasteiger partial charge in [-0.25, -0.2) is 8.42 Å². The van der Waals surface area contributed by atoms with Crippen LogP contribution in [0.15, 0.2) is 29.2 Å². The minimum atomic E-state index is -3.80. The van der Waals surface area contributed by atoms with Crippen molar-refractivity contribution in [3.05, 3.63) is 29.8 Å². The second-order valence-electron chi connectivity index (χ2n) is 8.84. The van der Waals surface area contributed by atoms with Crippen LogP contribution >= 0.6 is 0 Å². The van der Waals surface area contributed by atoms with Gasteiger partial charge in [0.2, 0.25) is 15.9 Å². The first-order valence-corrected chi connectivity index (χ1v) is 11.4. The molecule has 1 aromatic carbocycles. The second-order valence-corrected chi connectivity index (χ2v) is 10.9. The summed E-state index contributed by atoms with van der Waals surface area (Å²) < 4.78 is 26.3. The molecular formula is C21H32N4O3S. The molecule has 29 heavy (non-hydrogen) atoms. The van der Waals surface area contributed by atoms with E-state index in [1.165, 1.54) is 37.7 Å². The number of sulfonamides is 1. The molecule has 1 amide bonds. The standard InChI is InChI=1S/C21H32N4O3S/c1-16-10-17(2)13-25(12-16)21(3,4)15-23-20(26)14-24(5)29(27,28)19-8-6-18(11-22)7-9-19/h6-9,16-17H,10,12-15H2,1-5H3,(H,23,26). The number of nitriles is 1. The fraction of sp³-hybridized carbons (Fsp3) is 0.619. The maximum absolute atomic E-state index is 12.6. The molecule has 1 aliphatic heterocycles. The quantitative estimate of drug-likeness (QED) is 0.729. The van der Waals surface area contributed by atoms with Crippen LogP contribution < -0.4 is 5.32 Å². The molecule has 160 valence electrons. The number of likely N-dealkylation sites (tertiary alicyclic amines) is 1. The smallest absolute Gasteiger partial charge is 0.243 e. The lowest BCUT2D eigenvalue weighted by Gasteiger charge is -2.45. The second kappa shape index (κ2) is 9.24. The molecule has 0 radical (unpaired) electrons.